The van der Waals surface area contributed by atoms with Crippen LogP contribution in [0.15, 0.2) is 109 Å². The highest BCUT2D eigenvalue weighted by atomic mass is 35.5. The first-order valence-corrected chi connectivity index (χ1v) is 12.6. The lowest BCUT2D eigenvalue weighted by Gasteiger charge is -2.55. The highest BCUT2D eigenvalue weighted by Crippen LogP contribution is 2.58. The number of para-hydroxylation sites is 2. The van der Waals surface area contributed by atoms with Gasteiger partial charge in [0.25, 0.3) is 5.91 Å². The van der Waals surface area contributed by atoms with E-state index in [-0.39, 0.29) is 17.9 Å². The molecule has 0 aromatic heterocycles. The van der Waals surface area contributed by atoms with Crippen molar-refractivity contribution in [2.45, 2.75) is 23.4 Å². The van der Waals surface area contributed by atoms with Crippen LogP contribution < -0.4 is 14.5 Å². The summed E-state index contributed by atoms with van der Waals surface area (Å²) in [5.41, 5.74) is 2.94. The van der Waals surface area contributed by atoms with Crippen molar-refractivity contribution in [3.05, 3.63) is 126 Å². The van der Waals surface area contributed by atoms with Crippen LogP contribution >= 0.6 is 11.6 Å². The number of benzene rings is 4. The fourth-order valence-corrected chi connectivity index (χ4v) is 6.10. The number of ether oxygens (including phenoxy) is 1. The number of methoxy groups -OCH3 is 1. The monoisotopic (exact) mass is 508 g/mol. The zero-order chi connectivity index (χ0) is 25.6. The van der Waals surface area contributed by atoms with Crippen LogP contribution in [0.1, 0.15) is 33.9 Å². The summed E-state index contributed by atoms with van der Waals surface area (Å²) >= 11 is 6.95. The molecule has 0 N–H and O–H groups in total. The van der Waals surface area contributed by atoms with Crippen molar-refractivity contribution in [3.63, 3.8) is 0 Å². The van der Waals surface area contributed by atoms with Crippen molar-refractivity contribution in [2.24, 2.45) is 0 Å². The lowest BCUT2D eigenvalue weighted by atomic mass is 9.71. The van der Waals surface area contributed by atoms with Crippen molar-refractivity contribution in [3.8, 4) is 5.75 Å². The number of halogens is 1. The van der Waals surface area contributed by atoms with Crippen LogP contribution in [0.25, 0.3) is 0 Å². The first-order valence-electron chi connectivity index (χ1n) is 12.2. The molecule has 0 aliphatic carbocycles. The molecule has 5 nitrogen and oxygen atoms in total. The third-order valence-corrected chi connectivity index (χ3v) is 8.02. The highest BCUT2D eigenvalue weighted by molar-refractivity contribution is 6.38. The maximum Gasteiger partial charge on any atom is 0.258 e. The molecule has 6 rings (SSSR count). The molecule has 0 saturated carbocycles. The summed E-state index contributed by atoms with van der Waals surface area (Å²) in [6.45, 7) is 0. The number of amides is 2. The Balaban J connectivity index is 1.61. The van der Waals surface area contributed by atoms with Crippen molar-refractivity contribution in [1.82, 2.24) is 0 Å². The van der Waals surface area contributed by atoms with Crippen LogP contribution in [0.4, 0.5) is 11.4 Å². The van der Waals surface area contributed by atoms with Gasteiger partial charge in [0.1, 0.15) is 16.7 Å². The van der Waals surface area contributed by atoms with Crippen molar-refractivity contribution < 1.29 is 14.3 Å². The quantitative estimate of drug-likeness (QED) is 0.239. The molecule has 1 fully saturated rings. The second-order valence-corrected chi connectivity index (χ2v) is 9.79. The number of nitrogens with zero attached hydrogens (tertiary/aromatic N) is 2. The van der Waals surface area contributed by atoms with Crippen molar-refractivity contribution in [1.29, 1.82) is 0 Å². The van der Waals surface area contributed by atoms with Gasteiger partial charge in [-0.25, -0.2) is 0 Å². The molecule has 4 aromatic rings. The Morgan fingerprint density at radius 1 is 0.838 bits per heavy atom. The molecule has 3 atom stereocenters. The lowest BCUT2D eigenvalue weighted by molar-refractivity contribution is -0.127. The van der Waals surface area contributed by atoms with E-state index in [9.17, 15) is 9.59 Å². The molecule has 1 saturated heterocycles. The average Bonchev–Trinajstić information content (AvgIpc) is 3.09. The maximum atomic E-state index is 14.2. The minimum absolute atomic E-state index is 0.132. The van der Waals surface area contributed by atoms with Gasteiger partial charge >= 0.3 is 0 Å². The Morgan fingerprint density at radius 2 is 1.43 bits per heavy atom. The molecule has 0 bridgehead atoms. The Hall–Kier alpha value is -4.09. The zero-order valence-corrected chi connectivity index (χ0v) is 21.0. The fraction of sp³-hybridized carbons (Fsp3) is 0.161. The normalized spacial score (nSPS) is 22.4. The van der Waals surface area contributed by atoms with Gasteiger partial charge in [0.05, 0.1) is 24.5 Å². The van der Waals surface area contributed by atoms with E-state index in [2.05, 4.69) is 0 Å². The topological polar surface area (TPSA) is 49.9 Å². The third-order valence-electron chi connectivity index (χ3n) is 7.47. The van der Waals surface area contributed by atoms with Crippen LogP contribution in [0.5, 0.6) is 5.75 Å². The number of carbonyl (C=O) groups excluding carboxylic acids is 2. The van der Waals surface area contributed by atoms with Gasteiger partial charge in [0.15, 0.2) is 0 Å². The smallest absolute Gasteiger partial charge is 0.258 e. The zero-order valence-electron chi connectivity index (χ0n) is 20.3. The van der Waals surface area contributed by atoms with E-state index in [0.29, 0.717) is 23.4 Å². The largest absolute Gasteiger partial charge is 0.497 e. The van der Waals surface area contributed by atoms with E-state index in [1.165, 1.54) is 0 Å². The number of carbonyl (C=O) groups is 2. The summed E-state index contributed by atoms with van der Waals surface area (Å²) in [7, 11) is 1.62. The van der Waals surface area contributed by atoms with E-state index in [0.717, 1.165) is 16.9 Å². The minimum Gasteiger partial charge on any atom is -0.497 e. The van der Waals surface area contributed by atoms with Crippen molar-refractivity contribution in [2.75, 3.05) is 16.9 Å². The Bertz CT molecular complexity index is 1460. The number of alkyl halides is 1. The SMILES string of the molecule is COc1ccc([C@@]23C[C@H](c4ccccc4)N(C(=O)c4ccccc4)c4ccccc4N2C(=O)[C@@H]3Cl)cc1. The number of hydrogen-bond donors (Lipinski definition) is 0. The second-order valence-electron chi connectivity index (χ2n) is 9.35. The third kappa shape index (κ3) is 3.53. The minimum atomic E-state index is -0.854. The van der Waals surface area contributed by atoms with Gasteiger partial charge in [-0.1, -0.05) is 72.8 Å². The van der Waals surface area contributed by atoms with Crippen LogP contribution in [-0.2, 0) is 10.3 Å². The van der Waals surface area contributed by atoms with Crippen LogP contribution in [0.3, 0.4) is 0 Å². The molecule has 0 unspecified atom stereocenters. The maximum absolute atomic E-state index is 14.2. The second kappa shape index (κ2) is 9.09. The lowest BCUT2D eigenvalue weighted by Crippen LogP contribution is -2.70. The van der Waals surface area contributed by atoms with Gasteiger partial charge < -0.3 is 4.74 Å². The first kappa shape index (κ1) is 23.3. The van der Waals surface area contributed by atoms with E-state index in [1.54, 1.807) is 12.0 Å². The molecule has 6 heteroatoms. The molecule has 2 amide bonds. The molecule has 0 radical (unpaired) electrons. The van der Waals surface area contributed by atoms with Gasteiger partial charge in [-0.3, -0.25) is 19.4 Å². The van der Waals surface area contributed by atoms with E-state index < -0.39 is 10.9 Å². The molecule has 184 valence electrons. The molecule has 37 heavy (non-hydrogen) atoms. The molecule has 2 aliphatic heterocycles. The number of anilines is 2. The van der Waals surface area contributed by atoms with Crippen molar-refractivity contribution >= 4 is 34.8 Å². The van der Waals surface area contributed by atoms with E-state index >= 15 is 0 Å². The van der Waals surface area contributed by atoms with Crippen LogP contribution in [-0.4, -0.2) is 24.3 Å². The standard InChI is InChI=1S/C31H25ClN2O3/c1-37-24-18-16-23(17-19-24)31-20-27(21-10-4-2-5-11-21)33(29(35)22-12-6-3-7-13-22)25-14-8-9-15-26(25)34(31)30(36)28(31)32/h2-19,27-28H,20H2,1H3/t27-,28+,31-/m1/s1. The number of hydrogen-bond acceptors (Lipinski definition) is 3. The predicted molar refractivity (Wildman–Crippen MR) is 145 cm³/mol. The van der Waals surface area contributed by atoms with E-state index in [1.807, 2.05) is 114 Å². The molecule has 0 spiro atoms. The molecule has 2 aliphatic rings. The molecular weight excluding hydrogens is 484 g/mol. The highest BCUT2D eigenvalue weighted by Gasteiger charge is 2.64. The van der Waals surface area contributed by atoms with Gasteiger partial charge in [0, 0.05) is 12.0 Å². The van der Waals surface area contributed by atoms with Crippen LogP contribution in [0, 0.1) is 0 Å². The van der Waals surface area contributed by atoms with Gasteiger partial charge in [-0.05, 0) is 47.5 Å². The average molecular weight is 509 g/mol. The number of β-lactam (4-membered cyclic amide) rings is 1. The first-order chi connectivity index (χ1) is 18.1. The summed E-state index contributed by atoms with van der Waals surface area (Å²) in [6, 6.07) is 34.1. The number of fused-ring (bicyclic) bond motifs is 3. The van der Waals surface area contributed by atoms with Gasteiger partial charge in [-0.15, -0.1) is 11.6 Å². The molecule has 2 heterocycles. The van der Waals surface area contributed by atoms with Gasteiger partial charge in [0.2, 0.25) is 5.91 Å². The predicted octanol–water partition coefficient (Wildman–Crippen LogP) is 6.34. The summed E-state index contributed by atoms with van der Waals surface area (Å²) in [5, 5.41) is -0.785. The van der Waals surface area contributed by atoms with E-state index in [4.69, 9.17) is 16.3 Å². The summed E-state index contributed by atoms with van der Waals surface area (Å²) in [5.74, 6) is 0.414. The Kier molecular flexibility index (Phi) is 5.73. The summed E-state index contributed by atoms with van der Waals surface area (Å²) < 4.78 is 5.38. The van der Waals surface area contributed by atoms with Crippen LogP contribution in [0.2, 0.25) is 0 Å². The Labute approximate surface area is 220 Å². The molecule has 4 aromatic carbocycles. The van der Waals surface area contributed by atoms with Gasteiger partial charge in [-0.2, -0.15) is 0 Å². The fourth-order valence-electron chi connectivity index (χ4n) is 5.69. The molecular formula is C31H25ClN2O3. The number of rotatable bonds is 4. The summed E-state index contributed by atoms with van der Waals surface area (Å²) in [4.78, 5) is 31.3. The summed E-state index contributed by atoms with van der Waals surface area (Å²) in [6.07, 6.45) is 0.427. The Morgan fingerprint density at radius 3 is 2.08 bits per heavy atom.